The molecule has 0 saturated carbocycles. The first kappa shape index (κ1) is 26.9. The van der Waals surface area contributed by atoms with Crippen molar-refractivity contribution >= 4 is 51.3 Å². The topological polar surface area (TPSA) is 91.6 Å². The van der Waals surface area contributed by atoms with E-state index in [2.05, 4.69) is 34.6 Å². The molecule has 170 valence electrons. The molecule has 30 heavy (non-hydrogen) atoms. The monoisotopic (exact) mass is 568 g/mol. The Morgan fingerprint density at radius 1 is 1.40 bits per heavy atom. The molecule has 0 aliphatic carbocycles. The van der Waals surface area contributed by atoms with Gasteiger partial charge in [0.25, 0.3) is 10.0 Å². The molecule has 0 aliphatic heterocycles. The SMILES string of the molecule is CCNC(=NCCN(C)S(=O)(=O)c1cccs1)NC(C)Cc1c(C)nn(C)c1C.I. The Hall–Kier alpha value is -1.18. The predicted molar refractivity (Wildman–Crippen MR) is 135 cm³/mol. The molecule has 0 fully saturated rings. The largest absolute Gasteiger partial charge is 0.357 e. The van der Waals surface area contributed by atoms with Gasteiger partial charge < -0.3 is 10.6 Å². The fraction of sp³-hybridized carbons (Fsp3) is 0.579. The first-order valence-electron chi connectivity index (χ1n) is 9.70. The number of hydrogen-bond donors (Lipinski definition) is 2. The Kier molecular flexibility index (Phi) is 10.8. The molecule has 11 heteroatoms. The zero-order valence-electron chi connectivity index (χ0n) is 18.5. The van der Waals surface area contributed by atoms with Crippen molar-refractivity contribution in [3.05, 3.63) is 34.5 Å². The maximum absolute atomic E-state index is 12.5. The van der Waals surface area contributed by atoms with Crippen molar-refractivity contribution in [3.8, 4) is 0 Å². The van der Waals surface area contributed by atoms with Crippen molar-refractivity contribution in [2.24, 2.45) is 12.0 Å². The second kappa shape index (κ2) is 12.0. The van der Waals surface area contributed by atoms with Crippen LogP contribution in [0.4, 0.5) is 0 Å². The Bertz CT molecular complexity index is 925. The van der Waals surface area contributed by atoms with Crippen molar-refractivity contribution in [2.45, 2.75) is 44.4 Å². The summed E-state index contributed by atoms with van der Waals surface area (Å²) in [6.07, 6.45) is 0.836. The molecule has 0 aromatic carbocycles. The number of aliphatic imine (C=N–C) groups is 1. The molecule has 2 aromatic heterocycles. The zero-order chi connectivity index (χ0) is 21.6. The van der Waals surface area contributed by atoms with Crippen LogP contribution in [0.2, 0.25) is 0 Å². The van der Waals surface area contributed by atoms with Crippen LogP contribution in [0.15, 0.2) is 26.7 Å². The molecule has 1 atom stereocenters. The van der Waals surface area contributed by atoms with Crippen LogP contribution >= 0.6 is 35.3 Å². The Morgan fingerprint density at radius 3 is 2.63 bits per heavy atom. The van der Waals surface area contributed by atoms with Gasteiger partial charge in [-0.25, -0.2) is 8.42 Å². The quantitative estimate of drug-likeness (QED) is 0.276. The molecule has 1 unspecified atom stereocenters. The van der Waals surface area contributed by atoms with Crippen LogP contribution in [0.5, 0.6) is 0 Å². The van der Waals surface area contributed by atoms with Crippen LogP contribution in [0.3, 0.4) is 0 Å². The lowest BCUT2D eigenvalue weighted by molar-refractivity contribution is 0.478. The first-order chi connectivity index (χ1) is 13.7. The summed E-state index contributed by atoms with van der Waals surface area (Å²) >= 11 is 1.22. The number of nitrogens with one attached hydrogen (secondary N) is 2. The fourth-order valence-electron chi connectivity index (χ4n) is 3.01. The summed E-state index contributed by atoms with van der Waals surface area (Å²) in [5, 5.41) is 12.9. The molecule has 2 heterocycles. The maximum Gasteiger partial charge on any atom is 0.252 e. The van der Waals surface area contributed by atoms with Gasteiger partial charge in [0, 0.05) is 38.9 Å². The van der Waals surface area contributed by atoms with Gasteiger partial charge in [0.1, 0.15) is 4.21 Å². The van der Waals surface area contributed by atoms with Crippen LogP contribution < -0.4 is 10.6 Å². The van der Waals surface area contributed by atoms with E-state index in [1.807, 2.05) is 25.6 Å². The summed E-state index contributed by atoms with van der Waals surface area (Å²) in [4.78, 5) is 4.55. The van der Waals surface area contributed by atoms with Gasteiger partial charge in [0.2, 0.25) is 0 Å². The molecular formula is C19H33IN6O2S2. The standard InChI is InChI=1S/C19H32N6O2S2.HI/c1-7-20-19(22-14(2)13-17-15(3)23-25(6)16(17)4)21-10-11-24(5)29(26,27)18-9-8-12-28-18;/h8-9,12,14H,7,10-11,13H2,1-6H3,(H2,20,21,22);1H. The summed E-state index contributed by atoms with van der Waals surface area (Å²) in [7, 11) is 0.0951. The van der Waals surface area contributed by atoms with Crippen molar-refractivity contribution < 1.29 is 8.42 Å². The highest BCUT2D eigenvalue weighted by molar-refractivity contribution is 14.0. The van der Waals surface area contributed by atoms with Gasteiger partial charge in [-0.1, -0.05) is 6.07 Å². The number of thiophene rings is 1. The van der Waals surface area contributed by atoms with E-state index in [1.54, 1.807) is 24.6 Å². The molecule has 2 rings (SSSR count). The highest BCUT2D eigenvalue weighted by Gasteiger charge is 2.21. The van der Waals surface area contributed by atoms with E-state index in [1.165, 1.54) is 26.9 Å². The average Bonchev–Trinajstić information content (AvgIpc) is 3.27. The van der Waals surface area contributed by atoms with Crippen LogP contribution in [-0.2, 0) is 23.5 Å². The molecular weight excluding hydrogens is 535 g/mol. The molecule has 8 nitrogen and oxygen atoms in total. The summed E-state index contributed by atoms with van der Waals surface area (Å²) in [5.41, 5.74) is 3.45. The van der Waals surface area contributed by atoms with Crippen LogP contribution in [0.25, 0.3) is 0 Å². The van der Waals surface area contributed by atoms with Gasteiger partial charge in [0.15, 0.2) is 5.96 Å². The number of halogens is 1. The van der Waals surface area contributed by atoms with Crippen molar-refractivity contribution in [1.29, 1.82) is 0 Å². The molecule has 0 aliphatic rings. The number of likely N-dealkylation sites (N-methyl/N-ethyl adjacent to an activating group) is 1. The van der Waals surface area contributed by atoms with Gasteiger partial charge in [-0.05, 0) is 51.1 Å². The smallest absolute Gasteiger partial charge is 0.252 e. The lowest BCUT2D eigenvalue weighted by Gasteiger charge is -2.19. The summed E-state index contributed by atoms with van der Waals surface area (Å²) in [5.74, 6) is 0.682. The summed E-state index contributed by atoms with van der Waals surface area (Å²) in [6, 6.07) is 3.52. The normalized spacial score (nSPS) is 13.2. The predicted octanol–water partition coefficient (Wildman–Crippen LogP) is 2.52. The van der Waals surface area contributed by atoms with E-state index in [0.717, 1.165) is 18.7 Å². The number of rotatable bonds is 9. The molecule has 0 saturated heterocycles. The Balaban J connectivity index is 0.00000450. The lowest BCUT2D eigenvalue weighted by atomic mass is 10.1. The Morgan fingerprint density at radius 2 is 2.10 bits per heavy atom. The summed E-state index contributed by atoms with van der Waals surface area (Å²) in [6.45, 7) is 9.62. The van der Waals surface area contributed by atoms with E-state index in [-0.39, 0.29) is 30.0 Å². The number of hydrogen-bond acceptors (Lipinski definition) is 5. The molecule has 0 spiro atoms. The lowest BCUT2D eigenvalue weighted by Crippen LogP contribution is -2.43. The van der Waals surface area contributed by atoms with E-state index in [4.69, 9.17) is 0 Å². The van der Waals surface area contributed by atoms with E-state index >= 15 is 0 Å². The molecule has 0 bridgehead atoms. The highest BCUT2D eigenvalue weighted by Crippen LogP contribution is 2.19. The second-order valence-electron chi connectivity index (χ2n) is 7.04. The van der Waals surface area contributed by atoms with Crippen LogP contribution in [0.1, 0.15) is 30.8 Å². The molecule has 2 N–H and O–H groups in total. The van der Waals surface area contributed by atoms with Gasteiger partial charge in [-0.15, -0.1) is 35.3 Å². The molecule has 0 amide bonds. The summed E-state index contributed by atoms with van der Waals surface area (Å²) < 4.78 is 28.6. The Labute approximate surface area is 201 Å². The van der Waals surface area contributed by atoms with Crippen molar-refractivity contribution in [1.82, 2.24) is 24.7 Å². The van der Waals surface area contributed by atoms with Gasteiger partial charge >= 0.3 is 0 Å². The van der Waals surface area contributed by atoms with Crippen LogP contribution in [0, 0.1) is 13.8 Å². The molecule has 0 radical (unpaired) electrons. The third-order valence-corrected chi connectivity index (χ3v) is 7.97. The van der Waals surface area contributed by atoms with Crippen molar-refractivity contribution in [2.75, 3.05) is 26.7 Å². The van der Waals surface area contributed by atoms with Gasteiger partial charge in [0.05, 0.1) is 12.2 Å². The third-order valence-electron chi connectivity index (χ3n) is 4.74. The average molecular weight is 569 g/mol. The van der Waals surface area contributed by atoms with Crippen molar-refractivity contribution in [3.63, 3.8) is 0 Å². The highest BCUT2D eigenvalue weighted by atomic mass is 127. The van der Waals surface area contributed by atoms with E-state index in [0.29, 0.717) is 23.3 Å². The number of guanidine groups is 1. The maximum atomic E-state index is 12.5. The second-order valence-corrected chi connectivity index (χ2v) is 10.3. The number of nitrogens with zero attached hydrogens (tertiary/aromatic N) is 4. The third kappa shape index (κ3) is 6.92. The van der Waals surface area contributed by atoms with Gasteiger partial charge in [-0.2, -0.15) is 9.40 Å². The number of aromatic nitrogens is 2. The number of aryl methyl sites for hydroxylation is 2. The first-order valence-corrected chi connectivity index (χ1v) is 12.0. The van der Waals surface area contributed by atoms with Crippen LogP contribution in [-0.4, -0.2) is 61.2 Å². The zero-order valence-corrected chi connectivity index (χ0v) is 22.4. The van der Waals surface area contributed by atoms with E-state index < -0.39 is 10.0 Å². The fourth-order valence-corrected chi connectivity index (χ4v) is 5.37. The molecule has 2 aromatic rings. The number of sulfonamides is 1. The van der Waals surface area contributed by atoms with E-state index in [9.17, 15) is 8.42 Å². The minimum Gasteiger partial charge on any atom is -0.357 e. The van der Waals surface area contributed by atoms with Gasteiger partial charge in [-0.3, -0.25) is 9.67 Å². The minimum absolute atomic E-state index is 0. The minimum atomic E-state index is -3.44.